The molecule has 1 fully saturated rings. The van der Waals surface area contributed by atoms with Gasteiger partial charge in [0.2, 0.25) is 0 Å². The van der Waals surface area contributed by atoms with Gasteiger partial charge in [-0.25, -0.2) is 8.42 Å². The quantitative estimate of drug-likeness (QED) is 0.666. The fourth-order valence-electron chi connectivity index (χ4n) is 2.34. The molecular weight excluding hydrogens is 280 g/mol. The van der Waals surface area contributed by atoms with Crippen molar-refractivity contribution in [2.75, 3.05) is 18.1 Å². The summed E-state index contributed by atoms with van der Waals surface area (Å²) in [5.41, 5.74) is 0.463. The molecule has 0 aliphatic heterocycles. The molecule has 0 radical (unpaired) electrons. The summed E-state index contributed by atoms with van der Waals surface area (Å²) >= 11 is 0. The van der Waals surface area contributed by atoms with E-state index < -0.39 is 14.8 Å². The molecule has 0 saturated heterocycles. The van der Waals surface area contributed by atoms with Crippen molar-refractivity contribution in [3.8, 4) is 0 Å². The Morgan fingerprint density at radius 3 is 2.50 bits per heavy atom. The predicted molar refractivity (Wildman–Crippen MR) is 76.7 cm³/mol. The van der Waals surface area contributed by atoms with Gasteiger partial charge in [0.05, 0.1) is 4.92 Å². The van der Waals surface area contributed by atoms with Crippen molar-refractivity contribution < 1.29 is 13.3 Å². The molecule has 1 saturated carbocycles. The maximum atomic E-state index is 11.6. The Labute approximate surface area is 118 Å². The Balaban J connectivity index is 2.25. The smallest absolute Gasteiger partial charge is 0.288 e. The van der Waals surface area contributed by atoms with Crippen molar-refractivity contribution in [2.45, 2.75) is 31.1 Å². The zero-order chi connectivity index (χ0) is 15.0. The van der Waals surface area contributed by atoms with Crippen molar-refractivity contribution in [3.63, 3.8) is 0 Å². The Morgan fingerprint density at radius 2 is 2.05 bits per heavy atom. The zero-order valence-electron chi connectivity index (χ0n) is 11.5. The van der Waals surface area contributed by atoms with Gasteiger partial charge in [0, 0.05) is 24.6 Å². The number of nitrogens with one attached hydrogen (secondary N) is 1. The Bertz CT molecular complexity index is 636. The van der Waals surface area contributed by atoms with E-state index in [0.717, 1.165) is 25.6 Å². The van der Waals surface area contributed by atoms with E-state index in [0.29, 0.717) is 5.69 Å². The molecular formula is C13H18N2O4S. The Kier molecular flexibility index (Phi) is 3.73. The van der Waals surface area contributed by atoms with Crippen LogP contribution in [-0.2, 0) is 9.84 Å². The summed E-state index contributed by atoms with van der Waals surface area (Å²) in [6.45, 7) is 2.92. The molecule has 1 aliphatic carbocycles. The van der Waals surface area contributed by atoms with Crippen LogP contribution in [0.3, 0.4) is 0 Å². The van der Waals surface area contributed by atoms with E-state index in [-0.39, 0.29) is 16.0 Å². The highest BCUT2D eigenvalue weighted by atomic mass is 32.2. The second-order valence-corrected chi connectivity index (χ2v) is 7.71. The number of benzene rings is 1. The van der Waals surface area contributed by atoms with E-state index in [1.165, 1.54) is 18.6 Å². The van der Waals surface area contributed by atoms with Crippen LogP contribution in [0.25, 0.3) is 0 Å². The van der Waals surface area contributed by atoms with E-state index in [1.54, 1.807) is 6.07 Å². The van der Waals surface area contributed by atoms with Gasteiger partial charge in [-0.15, -0.1) is 0 Å². The van der Waals surface area contributed by atoms with Gasteiger partial charge in [0.15, 0.2) is 9.84 Å². The van der Waals surface area contributed by atoms with Gasteiger partial charge in [-0.2, -0.15) is 0 Å². The van der Waals surface area contributed by atoms with Gasteiger partial charge >= 0.3 is 0 Å². The van der Waals surface area contributed by atoms with Crippen molar-refractivity contribution in [1.82, 2.24) is 0 Å². The van der Waals surface area contributed by atoms with Gasteiger partial charge in [-0.05, 0) is 30.4 Å². The number of anilines is 1. The number of nitro groups is 1. The highest BCUT2D eigenvalue weighted by Gasteiger charge is 2.31. The van der Waals surface area contributed by atoms with Crippen molar-refractivity contribution in [2.24, 2.45) is 5.41 Å². The fraction of sp³-hybridized carbons (Fsp3) is 0.538. The number of hydrogen-bond donors (Lipinski definition) is 1. The molecule has 0 unspecified atom stereocenters. The van der Waals surface area contributed by atoms with Gasteiger partial charge in [-0.1, -0.05) is 13.3 Å². The third kappa shape index (κ3) is 3.09. The summed E-state index contributed by atoms with van der Waals surface area (Å²) in [7, 11) is -3.63. The van der Waals surface area contributed by atoms with E-state index in [9.17, 15) is 18.5 Å². The number of sulfone groups is 1. The van der Waals surface area contributed by atoms with Crippen LogP contribution >= 0.6 is 0 Å². The Hall–Kier alpha value is -1.63. The predicted octanol–water partition coefficient (Wildman–Crippen LogP) is 2.60. The minimum Gasteiger partial charge on any atom is -0.384 e. The van der Waals surface area contributed by atoms with Crippen LogP contribution in [0.2, 0.25) is 0 Å². The van der Waals surface area contributed by atoms with Crippen LogP contribution in [0, 0.1) is 15.5 Å². The second kappa shape index (κ2) is 5.05. The maximum absolute atomic E-state index is 11.6. The van der Waals surface area contributed by atoms with E-state index in [1.807, 2.05) is 0 Å². The van der Waals surface area contributed by atoms with Crippen molar-refractivity contribution in [3.05, 3.63) is 28.3 Å². The molecule has 1 N–H and O–H groups in total. The lowest BCUT2D eigenvalue weighted by Gasteiger charge is -2.38. The highest BCUT2D eigenvalue weighted by Crippen LogP contribution is 2.40. The third-order valence-corrected chi connectivity index (χ3v) is 4.96. The normalized spacial score (nSPS) is 17.3. The molecule has 2 rings (SSSR count). The number of nitro benzene ring substituents is 1. The summed E-state index contributed by atoms with van der Waals surface area (Å²) in [4.78, 5) is 9.96. The molecule has 0 spiro atoms. The SMILES string of the molecule is CC1(CNc2ccc([N+](=O)[O-])c(S(C)(=O)=O)c2)CCC1. The molecule has 1 aromatic carbocycles. The summed E-state index contributed by atoms with van der Waals surface area (Å²) in [6, 6.07) is 4.13. The lowest BCUT2D eigenvalue weighted by Crippen LogP contribution is -2.33. The molecule has 0 atom stereocenters. The first-order valence-electron chi connectivity index (χ1n) is 6.44. The molecule has 1 aromatic rings. The summed E-state index contributed by atoms with van der Waals surface area (Å²) in [5.74, 6) is 0. The maximum Gasteiger partial charge on any atom is 0.288 e. The minimum atomic E-state index is -3.63. The summed E-state index contributed by atoms with van der Waals surface area (Å²) in [6.07, 6.45) is 4.48. The topological polar surface area (TPSA) is 89.3 Å². The van der Waals surface area contributed by atoms with Gasteiger partial charge in [0.1, 0.15) is 4.90 Å². The van der Waals surface area contributed by atoms with E-state index in [2.05, 4.69) is 12.2 Å². The largest absolute Gasteiger partial charge is 0.384 e. The van der Waals surface area contributed by atoms with Gasteiger partial charge < -0.3 is 5.32 Å². The van der Waals surface area contributed by atoms with E-state index in [4.69, 9.17) is 0 Å². The molecule has 0 aromatic heterocycles. The summed E-state index contributed by atoms with van der Waals surface area (Å²) < 4.78 is 23.3. The minimum absolute atomic E-state index is 0.243. The first-order chi connectivity index (χ1) is 9.21. The molecule has 20 heavy (non-hydrogen) atoms. The lowest BCUT2D eigenvalue weighted by atomic mass is 9.70. The molecule has 0 amide bonds. The van der Waals surface area contributed by atoms with Crippen molar-refractivity contribution in [1.29, 1.82) is 0 Å². The van der Waals surface area contributed by atoms with E-state index >= 15 is 0 Å². The van der Waals surface area contributed by atoms with Crippen LogP contribution in [0.15, 0.2) is 23.1 Å². The zero-order valence-corrected chi connectivity index (χ0v) is 12.4. The van der Waals surface area contributed by atoms with Crippen LogP contribution < -0.4 is 5.32 Å². The van der Waals surface area contributed by atoms with Gasteiger partial charge in [-0.3, -0.25) is 10.1 Å². The Morgan fingerprint density at radius 1 is 1.40 bits per heavy atom. The molecule has 1 aliphatic rings. The average molecular weight is 298 g/mol. The van der Waals surface area contributed by atoms with Crippen molar-refractivity contribution >= 4 is 21.2 Å². The lowest BCUT2D eigenvalue weighted by molar-refractivity contribution is -0.387. The molecule has 0 bridgehead atoms. The molecule has 7 heteroatoms. The molecule has 110 valence electrons. The fourth-order valence-corrected chi connectivity index (χ4v) is 3.21. The monoisotopic (exact) mass is 298 g/mol. The standard InChI is InChI=1S/C13H18N2O4S/c1-13(6-3-7-13)9-14-10-4-5-11(15(16)17)12(8-10)20(2,18)19/h4-5,8,14H,3,6-7,9H2,1-2H3. The van der Waals surface area contributed by atoms with Gasteiger partial charge in [0.25, 0.3) is 5.69 Å². The highest BCUT2D eigenvalue weighted by molar-refractivity contribution is 7.90. The number of nitrogens with zero attached hydrogens (tertiary/aromatic N) is 1. The molecule has 6 nitrogen and oxygen atoms in total. The number of rotatable bonds is 5. The van der Waals surface area contributed by atoms with Crippen LogP contribution in [0.4, 0.5) is 11.4 Å². The summed E-state index contributed by atoms with van der Waals surface area (Å²) in [5, 5.41) is 14.1. The first kappa shape index (κ1) is 14.8. The third-order valence-electron chi connectivity index (χ3n) is 3.84. The average Bonchev–Trinajstić information content (AvgIpc) is 2.32. The second-order valence-electron chi connectivity index (χ2n) is 5.73. The van der Waals surface area contributed by atoms with Crippen LogP contribution in [0.5, 0.6) is 0 Å². The molecule has 0 heterocycles. The first-order valence-corrected chi connectivity index (χ1v) is 8.33. The van der Waals surface area contributed by atoms with Crippen LogP contribution in [0.1, 0.15) is 26.2 Å². The number of hydrogen-bond acceptors (Lipinski definition) is 5. The van der Waals surface area contributed by atoms with Crippen LogP contribution in [-0.4, -0.2) is 26.1 Å².